The number of aromatic hydroxyl groups is 1. The van der Waals surface area contributed by atoms with Gasteiger partial charge in [-0.25, -0.2) is 4.98 Å². The van der Waals surface area contributed by atoms with Crippen LogP contribution in [0.4, 0.5) is 0 Å². The van der Waals surface area contributed by atoms with Gasteiger partial charge >= 0.3 is 0 Å². The first-order valence-electron chi connectivity index (χ1n) is 10.7. The Morgan fingerprint density at radius 3 is 2.62 bits per heavy atom. The van der Waals surface area contributed by atoms with E-state index in [0.717, 1.165) is 41.5 Å². The number of hydrogen-bond acceptors (Lipinski definition) is 4. The third-order valence-corrected chi connectivity index (χ3v) is 6.37. The molecular formula is C25H23ClN4O2. The van der Waals surface area contributed by atoms with Gasteiger partial charge in [0.15, 0.2) is 5.65 Å². The van der Waals surface area contributed by atoms with Crippen molar-refractivity contribution in [1.29, 1.82) is 0 Å². The summed E-state index contributed by atoms with van der Waals surface area (Å²) in [6, 6.07) is 16.4. The van der Waals surface area contributed by atoms with Crippen molar-refractivity contribution in [3.63, 3.8) is 0 Å². The highest BCUT2D eigenvalue weighted by Crippen LogP contribution is 2.35. The molecule has 0 radical (unpaired) electrons. The van der Waals surface area contributed by atoms with Gasteiger partial charge in [-0.1, -0.05) is 23.7 Å². The Labute approximate surface area is 190 Å². The van der Waals surface area contributed by atoms with E-state index in [1.807, 2.05) is 42.2 Å². The summed E-state index contributed by atoms with van der Waals surface area (Å²) in [5.74, 6) is 0.155. The number of carbonyl (C=O) groups excluding carboxylic acids is 1. The Balaban J connectivity index is 1.60. The summed E-state index contributed by atoms with van der Waals surface area (Å²) in [7, 11) is 0. The summed E-state index contributed by atoms with van der Waals surface area (Å²) in [6.07, 6.45) is 2.96. The third kappa shape index (κ3) is 3.71. The number of nitrogens with one attached hydrogen (secondary N) is 1. The van der Waals surface area contributed by atoms with Crippen molar-refractivity contribution in [2.45, 2.75) is 32.2 Å². The largest absolute Gasteiger partial charge is 0.508 e. The first-order chi connectivity index (χ1) is 15.5. The fourth-order valence-electron chi connectivity index (χ4n) is 4.48. The molecule has 2 N–H and O–H groups in total. The number of aromatic amines is 1. The lowest BCUT2D eigenvalue weighted by atomic mass is 9.94. The molecule has 162 valence electrons. The molecule has 0 spiro atoms. The van der Waals surface area contributed by atoms with Crippen molar-refractivity contribution in [1.82, 2.24) is 20.1 Å². The van der Waals surface area contributed by atoms with Crippen LogP contribution in [0.2, 0.25) is 5.02 Å². The van der Waals surface area contributed by atoms with Crippen molar-refractivity contribution >= 4 is 28.5 Å². The zero-order chi connectivity index (χ0) is 22.2. The number of likely N-dealkylation sites (tertiary alicyclic amines) is 1. The lowest BCUT2D eigenvalue weighted by Crippen LogP contribution is -2.38. The quantitative estimate of drug-likeness (QED) is 0.425. The van der Waals surface area contributed by atoms with E-state index in [0.29, 0.717) is 28.5 Å². The number of halogens is 1. The lowest BCUT2D eigenvalue weighted by molar-refractivity contribution is 0.0613. The Kier molecular flexibility index (Phi) is 5.31. The molecule has 1 aliphatic heterocycles. The molecule has 7 heteroatoms. The van der Waals surface area contributed by atoms with Gasteiger partial charge in [0.05, 0.1) is 22.7 Å². The van der Waals surface area contributed by atoms with E-state index in [9.17, 15) is 9.90 Å². The minimum atomic E-state index is -0.0263. The maximum Gasteiger partial charge on any atom is 0.255 e. The number of H-pyrrole nitrogens is 1. The topological polar surface area (TPSA) is 82.1 Å². The van der Waals surface area contributed by atoms with Gasteiger partial charge in [-0.3, -0.25) is 9.89 Å². The van der Waals surface area contributed by atoms with Crippen LogP contribution >= 0.6 is 11.6 Å². The summed E-state index contributed by atoms with van der Waals surface area (Å²) >= 11 is 6.09. The minimum Gasteiger partial charge on any atom is -0.508 e. The van der Waals surface area contributed by atoms with Gasteiger partial charge in [-0.2, -0.15) is 5.10 Å². The van der Waals surface area contributed by atoms with Crippen molar-refractivity contribution in [2.75, 3.05) is 6.54 Å². The van der Waals surface area contributed by atoms with Crippen LogP contribution in [0.25, 0.3) is 22.3 Å². The summed E-state index contributed by atoms with van der Waals surface area (Å²) in [4.78, 5) is 20.6. The SMILES string of the molecule is Cc1[nH]nc2nc(-c3ccc(O)cc3)cc(C(=O)N3CCCCC3c3ccc(Cl)cc3)c12. The molecule has 6 nitrogen and oxygen atoms in total. The monoisotopic (exact) mass is 446 g/mol. The van der Waals surface area contributed by atoms with Gasteiger partial charge in [-0.05, 0) is 74.2 Å². The number of pyridine rings is 1. The number of fused-ring (bicyclic) bond motifs is 1. The van der Waals surface area contributed by atoms with Crippen molar-refractivity contribution in [2.24, 2.45) is 0 Å². The standard InChI is InChI=1S/C25H23ClN4O2/c1-15-23-20(14-21(27-24(23)29-28-15)16-7-11-19(31)12-8-16)25(32)30-13-3-2-4-22(30)17-5-9-18(26)10-6-17/h5-12,14,22,31H,2-4,13H2,1H3,(H,27,28,29). The van der Waals surface area contributed by atoms with E-state index in [4.69, 9.17) is 11.6 Å². The maximum absolute atomic E-state index is 13.9. The highest BCUT2D eigenvalue weighted by atomic mass is 35.5. The molecule has 3 heterocycles. The van der Waals surface area contributed by atoms with Gasteiger partial charge in [0, 0.05) is 22.8 Å². The molecule has 1 saturated heterocycles. The molecule has 32 heavy (non-hydrogen) atoms. The Morgan fingerprint density at radius 2 is 1.88 bits per heavy atom. The second-order valence-corrected chi connectivity index (χ2v) is 8.65. The second kappa shape index (κ2) is 8.28. The number of benzene rings is 2. The van der Waals surface area contributed by atoms with E-state index in [1.165, 1.54) is 0 Å². The van der Waals surface area contributed by atoms with Crippen LogP contribution < -0.4 is 0 Å². The number of piperidine rings is 1. The van der Waals surface area contributed by atoms with Crippen LogP contribution in [-0.4, -0.2) is 37.6 Å². The summed E-state index contributed by atoms with van der Waals surface area (Å²) in [5, 5.41) is 18.4. The number of aryl methyl sites for hydroxylation is 1. The van der Waals surface area contributed by atoms with Gasteiger partial charge < -0.3 is 10.0 Å². The number of nitrogens with zero attached hydrogens (tertiary/aromatic N) is 3. The second-order valence-electron chi connectivity index (χ2n) is 8.21. The first kappa shape index (κ1) is 20.5. The van der Waals surface area contributed by atoms with Crippen LogP contribution in [0.15, 0.2) is 54.6 Å². The molecule has 1 amide bonds. The molecule has 0 bridgehead atoms. The molecule has 4 aromatic rings. The van der Waals surface area contributed by atoms with Gasteiger partial charge in [0.2, 0.25) is 0 Å². The number of phenols is 1. The van der Waals surface area contributed by atoms with Crippen LogP contribution in [0.5, 0.6) is 5.75 Å². The van der Waals surface area contributed by atoms with E-state index >= 15 is 0 Å². The number of hydrogen-bond donors (Lipinski definition) is 2. The maximum atomic E-state index is 13.9. The molecule has 0 saturated carbocycles. The average Bonchev–Trinajstić information content (AvgIpc) is 3.20. The van der Waals surface area contributed by atoms with Crippen LogP contribution in [0.3, 0.4) is 0 Å². The highest BCUT2D eigenvalue weighted by molar-refractivity contribution is 6.30. The van der Waals surface area contributed by atoms with Crippen molar-refractivity contribution in [3.8, 4) is 17.0 Å². The van der Waals surface area contributed by atoms with Crippen LogP contribution in [0, 0.1) is 6.92 Å². The van der Waals surface area contributed by atoms with Crippen molar-refractivity contribution < 1.29 is 9.90 Å². The number of phenolic OH excluding ortho intramolecular Hbond substituents is 1. The Bertz CT molecular complexity index is 1280. The Hall–Kier alpha value is -3.38. The molecule has 2 aromatic carbocycles. The molecule has 1 fully saturated rings. The number of carbonyl (C=O) groups is 1. The zero-order valence-corrected chi connectivity index (χ0v) is 18.4. The minimum absolute atomic E-state index is 0.000983. The Morgan fingerprint density at radius 1 is 1.12 bits per heavy atom. The fraction of sp³-hybridized carbons (Fsp3) is 0.240. The summed E-state index contributed by atoms with van der Waals surface area (Å²) in [5.41, 5.74) is 4.46. The van der Waals surface area contributed by atoms with Gasteiger partial charge in [0.25, 0.3) is 5.91 Å². The smallest absolute Gasteiger partial charge is 0.255 e. The number of rotatable bonds is 3. The summed E-state index contributed by atoms with van der Waals surface area (Å²) in [6.45, 7) is 2.60. The number of aromatic nitrogens is 3. The number of amides is 1. The van der Waals surface area contributed by atoms with E-state index < -0.39 is 0 Å². The molecule has 2 aromatic heterocycles. The van der Waals surface area contributed by atoms with Gasteiger partial charge in [-0.15, -0.1) is 0 Å². The average molecular weight is 447 g/mol. The molecule has 1 aliphatic rings. The van der Waals surface area contributed by atoms with E-state index in [-0.39, 0.29) is 17.7 Å². The lowest BCUT2D eigenvalue weighted by Gasteiger charge is -2.36. The molecular weight excluding hydrogens is 424 g/mol. The fourth-order valence-corrected chi connectivity index (χ4v) is 4.61. The first-order valence-corrected chi connectivity index (χ1v) is 11.1. The van der Waals surface area contributed by atoms with Gasteiger partial charge in [0.1, 0.15) is 5.75 Å². The predicted molar refractivity (Wildman–Crippen MR) is 125 cm³/mol. The summed E-state index contributed by atoms with van der Waals surface area (Å²) < 4.78 is 0. The molecule has 5 rings (SSSR count). The third-order valence-electron chi connectivity index (χ3n) is 6.12. The predicted octanol–water partition coefficient (Wildman–Crippen LogP) is 5.66. The molecule has 1 unspecified atom stereocenters. The highest BCUT2D eigenvalue weighted by Gasteiger charge is 2.31. The zero-order valence-electron chi connectivity index (χ0n) is 17.7. The molecule has 0 aliphatic carbocycles. The van der Waals surface area contributed by atoms with Crippen LogP contribution in [-0.2, 0) is 0 Å². The van der Waals surface area contributed by atoms with Crippen molar-refractivity contribution in [3.05, 3.63) is 76.4 Å². The van der Waals surface area contributed by atoms with E-state index in [1.54, 1.807) is 24.3 Å². The van der Waals surface area contributed by atoms with Crippen LogP contribution in [0.1, 0.15) is 46.9 Å². The molecule has 1 atom stereocenters. The van der Waals surface area contributed by atoms with E-state index in [2.05, 4.69) is 15.2 Å². The normalized spacial score (nSPS) is 16.4.